The quantitative estimate of drug-likeness (QED) is 0.618. The van der Waals surface area contributed by atoms with Gasteiger partial charge in [0.1, 0.15) is 5.52 Å². The number of hydrogen-bond donors (Lipinski definition) is 2. The Hall–Kier alpha value is -2.11. The number of aromatic nitrogens is 4. The average molecular weight is 178 g/mol. The van der Waals surface area contributed by atoms with Crippen molar-refractivity contribution >= 4 is 17.4 Å². The van der Waals surface area contributed by atoms with Crippen LogP contribution < -0.4 is 11.2 Å². The summed E-state index contributed by atoms with van der Waals surface area (Å²) in [7, 11) is 0. The fourth-order valence-electron chi connectivity index (χ4n) is 1.09. The van der Waals surface area contributed by atoms with Gasteiger partial charge in [-0.3, -0.25) is 9.78 Å². The Kier molecular flexibility index (Phi) is 1.42. The van der Waals surface area contributed by atoms with E-state index in [0.717, 1.165) is 10.8 Å². The Bertz CT molecular complexity index is 574. The summed E-state index contributed by atoms with van der Waals surface area (Å²) in [5.74, 6) is 0. The number of fused-ring (bicyclic) bond motifs is 1. The maximum Gasteiger partial charge on any atom is 0.334 e. The van der Waals surface area contributed by atoms with Gasteiger partial charge in [-0.25, -0.2) is 14.3 Å². The van der Waals surface area contributed by atoms with Gasteiger partial charge in [0.05, 0.1) is 6.33 Å². The molecule has 13 heavy (non-hydrogen) atoms. The van der Waals surface area contributed by atoms with Gasteiger partial charge in [0.15, 0.2) is 5.65 Å². The van der Waals surface area contributed by atoms with E-state index in [-0.39, 0.29) is 11.2 Å². The molecule has 2 aromatic rings. The van der Waals surface area contributed by atoms with Crippen molar-refractivity contribution in [3.05, 3.63) is 33.7 Å². The van der Waals surface area contributed by atoms with Gasteiger partial charge in [0.25, 0.3) is 5.56 Å². The van der Waals surface area contributed by atoms with Crippen molar-refractivity contribution in [1.82, 2.24) is 19.5 Å². The van der Waals surface area contributed by atoms with Gasteiger partial charge in [0, 0.05) is 6.20 Å². The van der Waals surface area contributed by atoms with Gasteiger partial charge >= 0.3 is 5.69 Å². The smallest absolute Gasteiger partial charge is 0.334 e. The molecule has 2 heterocycles. The molecule has 0 aromatic carbocycles. The maximum absolute atomic E-state index is 11.4. The van der Waals surface area contributed by atoms with E-state index in [1.807, 2.05) is 0 Å². The molecule has 0 saturated carbocycles. The molecule has 66 valence electrons. The summed E-state index contributed by atoms with van der Waals surface area (Å²) in [4.78, 5) is 31.4. The molecule has 0 aliphatic carbocycles. The van der Waals surface area contributed by atoms with Gasteiger partial charge in [-0.2, -0.15) is 0 Å². The number of aromatic amines is 2. The first-order valence-electron chi connectivity index (χ1n) is 3.54. The summed E-state index contributed by atoms with van der Waals surface area (Å²) < 4.78 is 0.876. The molecule has 0 aliphatic heterocycles. The van der Waals surface area contributed by atoms with Crippen LogP contribution >= 0.6 is 0 Å². The Labute approximate surface area is 71.6 Å². The van der Waals surface area contributed by atoms with E-state index in [4.69, 9.17) is 0 Å². The molecule has 0 radical (unpaired) electrons. The van der Waals surface area contributed by atoms with Crippen molar-refractivity contribution in [3.63, 3.8) is 0 Å². The lowest BCUT2D eigenvalue weighted by atomic mass is 10.5. The summed E-state index contributed by atoms with van der Waals surface area (Å²) >= 11 is 0. The second-order valence-electron chi connectivity index (χ2n) is 2.41. The van der Waals surface area contributed by atoms with Crippen LogP contribution in [0.15, 0.2) is 22.5 Å². The second-order valence-corrected chi connectivity index (χ2v) is 2.41. The molecule has 2 rings (SSSR count). The van der Waals surface area contributed by atoms with Crippen molar-refractivity contribution < 1.29 is 0 Å². The minimum Gasteiger partial charge on any atom is -0.339 e. The number of H-pyrrole nitrogens is 2. The molecule has 0 unspecified atom stereocenters. The summed E-state index contributed by atoms with van der Waals surface area (Å²) in [5, 5.41) is 0. The Morgan fingerprint density at radius 2 is 2.31 bits per heavy atom. The molecule has 2 N–H and O–H groups in total. The van der Waals surface area contributed by atoms with Crippen LogP contribution in [0.5, 0.6) is 0 Å². The van der Waals surface area contributed by atoms with Crippen molar-refractivity contribution in [2.75, 3.05) is 0 Å². The number of imidazole rings is 1. The highest BCUT2D eigenvalue weighted by Gasteiger charge is 2.05. The van der Waals surface area contributed by atoms with Crippen LogP contribution in [0.3, 0.4) is 0 Å². The van der Waals surface area contributed by atoms with Crippen LogP contribution in [0.1, 0.15) is 0 Å². The van der Waals surface area contributed by atoms with Crippen molar-refractivity contribution in [2.24, 2.45) is 0 Å². The van der Waals surface area contributed by atoms with Crippen molar-refractivity contribution in [3.8, 4) is 0 Å². The first-order valence-corrected chi connectivity index (χ1v) is 3.54. The third kappa shape index (κ3) is 0.919. The second kappa shape index (κ2) is 2.44. The monoisotopic (exact) mass is 178 g/mol. The average Bonchev–Trinajstić information content (AvgIpc) is 2.53. The van der Waals surface area contributed by atoms with Crippen LogP contribution in [-0.2, 0) is 0 Å². The van der Waals surface area contributed by atoms with E-state index in [1.165, 1.54) is 6.33 Å². The van der Waals surface area contributed by atoms with Crippen LogP contribution in [0.4, 0.5) is 0 Å². The Morgan fingerprint density at radius 3 is 3.00 bits per heavy atom. The Balaban J connectivity index is 3.11. The van der Waals surface area contributed by atoms with Crippen LogP contribution in [0.25, 0.3) is 17.4 Å². The molecule has 0 bridgehead atoms. The van der Waals surface area contributed by atoms with Gasteiger partial charge in [-0.15, -0.1) is 0 Å². The lowest BCUT2D eigenvalue weighted by Crippen LogP contribution is -2.31. The van der Waals surface area contributed by atoms with Gasteiger partial charge in [-0.05, 0) is 0 Å². The van der Waals surface area contributed by atoms with Crippen LogP contribution in [-0.4, -0.2) is 19.5 Å². The van der Waals surface area contributed by atoms with E-state index in [9.17, 15) is 9.59 Å². The maximum atomic E-state index is 11.4. The molecule has 0 saturated heterocycles. The molecule has 0 amide bonds. The zero-order chi connectivity index (χ0) is 9.42. The summed E-state index contributed by atoms with van der Waals surface area (Å²) in [6, 6.07) is 0. The molecule has 0 atom stereocenters. The molecule has 6 heteroatoms. The zero-order valence-corrected chi connectivity index (χ0v) is 6.57. The number of nitrogens with one attached hydrogen (secondary N) is 2. The largest absolute Gasteiger partial charge is 0.339 e. The van der Waals surface area contributed by atoms with Crippen LogP contribution in [0, 0.1) is 0 Å². The highest BCUT2D eigenvalue weighted by atomic mass is 16.2. The van der Waals surface area contributed by atoms with Crippen LogP contribution in [0.2, 0.25) is 0 Å². The standard InChI is InChI=1S/C7H6N4O2/c1-2-11-6(12)4-5(9-3-8-4)10-7(11)13/h2-3H,1H2,(H,8,9)(H,10,13). The molecular weight excluding hydrogens is 172 g/mol. The molecule has 6 nitrogen and oxygen atoms in total. The summed E-state index contributed by atoms with van der Waals surface area (Å²) in [6.45, 7) is 3.35. The predicted molar refractivity (Wildman–Crippen MR) is 47.4 cm³/mol. The lowest BCUT2D eigenvalue weighted by molar-refractivity contribution is 0.946. The molecule has 0 aliphatic rings. The van der Waals surface area contributed by atoms with Gasteiger partial charge in [-0.1, -0.05) is 6.58 Å². The molecule has 0 fully saturated rings. The van der Waals surface area contributed by atoms with E-state index < -0.39 is 11.2 Å². The third-order valence-electron chi connectivity index (χ3n) is 1.70. The van der Waals surface area contributed by atoms with E-state index in [2.05, 4.69) is 21.5 Å². The highest BCUT2D eigenvalue weighted by Crippen LogP contribution is 1.94. The Morgan fingerprint density at radius 1 is 1.54 bits per heavy atom. The SMILES string of the molecule is C=Cn1c(=O)[nH]c2nc[nH]c2c1=O. The topological polar surface area (TPSA) is 83.5 Å². The summed E-state index contributed by atoms with van der Waals surface area (Å²) in [5.41, 5.74) is -0.474. The van der Waals surface area contributed by atoms with Gasteiger partial charge in [0.2, 0.25) is 0 Å². The van der Waals surface area contributed by atoms with Gasteiger partial charge < -0.3 is 4.98 Å². The molecule has 2 aromatic heterocycles. The van der Waals surface area contributed by atoms with E-state index in [0.29, 0.717) is 0 Å². The highest BCUT2D eigenvalue weighted by molar-refractivity contribution is 5.68. The lowest BCUT2D eigenvalue weighted by Gasteiger charge is -1.94. The predicted octanol–water partition coefficient (Wildman–Crippen LogP) is -0.487. The minimum absolute atomic E-state index is 0.258. The van der Waals surface area contributed by atoms with E-state index >= 15 is 0 Å². The number of rotatable bonds is 1. The summed E-state index contributed by atoms with van der Waals surface area (Å²) in [6.07, 6.45) is 2.50. The normalized spacial score (nSPS) is 10.5. The minimum atomic E-state index is -0.542. The third-order valence-corrected chi connectivity index (χ3v) is 1.70. The first kappa shape index (κ1) is 7.53. The zero-order valence-electron chi connectivity index (χ0n) is 6.57. The van der Waals surface area contributed by atoms with Crippen molar-refractivity contribution in [1.29, 1.82) is 0 Å². The molecular formula is C7H6N4O2. The van der Waals surface area contributed by atoms with Crippen molar-refractivity contribution in [2.45, 2.75) is 0 Å². The fraction of sp³-hybridized carbons (Fsp3) is 0. The fourth-order valence-corrected chi connectivity index (χ4v) is 1.09. The number of hydrogen-bond acceptors (Lipinski definition) is 3. The first-order chi connectivity index (χ1) is 6.24. The molecule has 0 spiro atoms. The van der Waals surface area contributed by atoms with E-state index in [1.54, 1.807) is 0 Å². The number of nitrogens with zero attached hydrogens (tertiary/aromatic N) is 2.